The maximum Gasteiger partial charge on any atom is 0.329 e. The van der Waals surface area contributed by atoms with E-state index < -0.39 is 14.4 Å². The SMILES string of the molecule is CCCCCCCCCCCCCCCCCCOCC(COc1cc(F)cc(C#N)c1)COP(O)OCC(CCc1ccc2c(N)ncnn12)OC. The van der Waals surface area contributed by atoms with Crippen molar-refractivity contribution in [1.29, 1.82) is 5.26 Å². The number of nitrogens with zero attached hydrogens (tertiary/aromatic N) is 4. The summed E-state index contributed by atoms with van der Waals surface area (Å²) >= 11 is 0. The molecule has 0 aliphatic heterocycles. The minimum Gasteiger partial charge on any atom is -0.493 e. The van der Waals surface area contributed by atoms with Gasteiger partial charge in [0, 0.05) is 31.4 Å². The van der Waals surface area contributed by atoms with Gasteiger partial charge in [0.25, 0.3) is 0 Å². The van der Waals surface area contributed by atoms with E-state index in [9.17, 15) is 14.5 Å². The average molecular weight is 760 g/mol. The summed E-state index contributed by atoms with van der Waals surface area (Å²) in [6.45, 7) is 3.61. The fraction of sp³-hybridized carbons (Fsp3) is 0.675. The number of anilines is 1. The second-order valence-electron chi connectivity index (χ2n) is 13.8. The number of unbranched alkanes of at least 4 members (excludes halogenated alkanes) is 15. The number of halogens is 1. The lowest BCUT2D eigenvalue weighted by Crippen LogP contribution is -2.23. The van der Waals surface area contributed by atoms with Crippen molar-refractivity contribution in [3.8, 4) is 11.8 Å². The van der Waals surface area contributed by atoms with E-state index in [4.69, 9.17) is 29.0 Å². The Morgan fingerprint density at radius 2 is 1.51 bits per heavy atom. The van der Waals surface area contributed by atoms with Crippen LogP contribution < -0.4 is 10.5 Å². The normalized spacial score (nSPS) is 13.3. The summed E-state index contributed by atoms with van der Waals surface area (Å²) in [4.78, 5) is 14.6. The van der Waals surface area contributed by atoms with Crippen LogP contribution in [-0.2, 0) is 24.9 Å². The van der Waals surface area contributed by atoms with Gasteiger partial charge in [0.05, 0.1) is 44.2 Å². The van der Waals surface area contributed by atoms with Gasteiger partial charge in [0.2, 0.25) is 0 Å². The highest BCUT2D eigenvalue weighted by molar-refractivity contribution is 7.40. The Kier molecular flexibility index (Phi) is 23.2. The molecule has 0 bridgehead atoms. The second kappa shape index (κ2) is 27.6. The minimum absolute atomic E-state index is 0.108. The quantitative estimate of drug-likeness (QED) is 0.0466. The topological polar surface area (TPSA) is 146 Å². The largest absolute Gasteiger partial charge is 0.493 e. The number of hydrogen-bond acceptors (Lipinski definition) is 10. The molecule has 53 heavy (non-hydrogen) atoms. The van der Waals surface area contributed by atoms with E-state index in [2.05, 4.69) is 17.0 Å². The van der Waals surface area contributed by atoms with Crippen molar-refractivity contribution in [2.75, 3.05) is 45.9 Å². The number of benzene rings is 1. The third-order valence-corrected chi connectivity index (χ3v) is 10.1. The molecule has 2 heterocycles. The predicted molar refractivity (Wildman–Crippen MR) is 208 cm³/mol. The summed E-state index contributed by atoms with van der Waals surface area (Å²) in [6.07, 6.45) is 23.4. The Morgan fingerprint density at radius 1 is 0.868 bits per heavy atom. The molecule has 3 N–H and O–H groups in total. The molecular formula is C40H63FN5O6P. The molecule has 0 amide bonds. The van der Waals surface area contributed by atoms with Gasteiger partial charge in [-0.05, 0) is 43.5 Å². The highest BCUT2D eigenvalue weighted by Crippen LogP contribution is 2.34. The second-order valence-corrected chi connectivity index (χ2v) is 14.8. The van der Waals surface area contributed by atoms with E-state index in [-0.39, 0.29) is 43.2 Å². The van der Waals surface area contributed by atoms with Crippen LogP contribution in [0.5, 0.6) is 5.75 Å². The van der Waals surface area contributed by atoms with Crippen LogP contribution in [0.15, 0.2) is 36.7 Å². The number of aromatic nitrogens is 3. The summed E-state index contributed by atoms with van der Waals surface area (Å²) in [5.41, 5.74) is 7.82. The molecule has 11 nitrogen and oxygen atoms in total. The monoisotopic (exact) mass is 759 g/mol. The number of aryl methyl sites for hydroxylation is 1. The van der Waals surface area contributed by atoms with E-state index >= 15 is 0 Å². The molecular weight excluding hydrogens is 696 g/mol. The molecule has 3 atom stereocenters. The van der Waals surface area contributed by atoms with E-state index in [1.165, 1.54) is 108 Å². The molecule has 0 spiro atoms. The number of nitriles is 1. The van der Waals surface area contributed by atoms with Gasteiger partial charge in [0.15, 0.2) is 5.82 Å². The van der Waals surface area contributed by atoms with Crippen molar-refractivity contribution in [1.82, 2.24) is 14.6 Å². The average Bonchev–Trinajstić information content (AvgIpc) is 3.59. The molecule has 1 aromatic carbocycles. The smallest absolute Gasteiger partial charge is 0.329 e. The first-order chi connectivity index (χ1) is 25.9. The lowest BCUT2D eigenvalue weighted by Gasteiger charge is -2.21. The van der Waals surface area contributed by atoms with Crippen LogP contribution in [-0.4, -0.2) is 65.7 Å². The molecule has 0 aliphatic rings. The standard InChI is InChI=1S/C40H63FN5O6P/c1-3-4-5-6-7-8-9-10-11-12-13-14-15-16-17-18-23-49-28-34(29-50-38-25-33(27-42)24-35(41)26-38)30-51-53(47)52-31-37(48-2)21-19-36-20-22-39-40(43)44-32-45-46(36)39/h20,22,24-26,32,34,37,47H,3-19,21,23,28-31H2,1-2H3,(H2,43,44,45). The molecule has 3 rings (SSSR count). The fourth-order valence-electron chi connectivity index (χ4n) is 6.20. The summed E-state index contributed by atoms with van der Waals surface area (Å²) in [5, 5.41) is 13.5. The molecule has 0 saturated carbocycles. The third-order valence-electron chi connectivity index (χ3n) is 9.39. The first-order valence-corrected chi connectivity index (χ1v) is 20.8. The first kappa shape index (κ1) is 44.5. The molecule has 3 aromatic rings. The first-order valence-electron chi connectivity index (χ1n) is 19.7. The molecule has 13 heteroatoms. The van der Waals surface area contributed by atoms with Crippen molar-refractivity contribution < 1.29 is 32.5 Å². The minimum atomic E-state index is -2.19. The Hall–Kier alpha value is -2.91. The van der Waals surface area contributed by atoms with Crippen LogP contribution in [0.4, 0.5) is 10.2 Å². The molecule has 0 aliphatic carbocycles. The summed E-state index contributed by atoms with van der Waals surface area (Å²) in [7, 11) is -0.598. The van der Waals surface area contributed by atoms with Crippen LogP contribution in [0.25, 0.3) is 5.52 Å². The highest BCUT2D eigenvalue weighted by Gasteiger charge is 2.19. The van der Waals surface area contributed by atoms with Gasteiger partial charge in [-0.2, -0.15) is 10.4 Å². The molecule has 0 radical (unpaired) electrons. The number of fused-ring (bicyclic) bond motifs is 1. The number of ether oxygens (including phenoxy) is 3. The number of hydrogen-bond donors (Lipinski definition) is 2. The lowest BCUT2D eigenvalue weighted by molar-refractivity contribution is 0.0317. The van der Waals surface area contributed by atoms with Crippen molar-refractivity contribution in [2.24, 2.45) is 5.92 Å². The number of nitrogens with two attached hydrogens (primary N) is 1. The number of rotatable bonds is 32. The summed E-state index contributed by atoms with van der Waals surface area (Å²) in [5.74, 6) is -0.145. The zero-order chi connectivity index (χ0) is 37.9. The zero-order valence-electron chi connectivity index (χ0n) is 32.1. The highest BCUT2D eigenvalue weighted by atomic mass is 31.2. The van der Waals surface area contributed by atoms with Crippen molar-refractivity contribution in [2.45, 2.75) is 129 Å². The van der Waals surface area contributed by atoms with Crippen LogP contribution in [0.3, 0.4) is 0 Å². The molecule has 0 fully saturated rings. The van der Waals surface area contributed by atoms with Crippen LogP contribution in [0, 0.1) is 23.1 Å². The summed E-state index contributed by atoms with van der Waals surface area (Å²) in [6, 6.07) is 9.65. The Bertz CT molecular complexity index is 1440. The Labute approximate surface area is 317 Å². The van der Waals surface area contributed by atoms with Gasteiger partial charge >= 0.3 is 8.60 Å². The van der Waals surface area contributed by atoms with Gasteiger partial charge in [-0.25, -0.2) is 13.9 Å². The molecule has 3 unspecified atom stereocenters. The number of methoxy groups -OCH3 is 1. The molecule has 296 valence electrons. The van der Waals surface area contributed by atoms with Gasteiger partial charge in [0.1, 0.15) is 23.4 Å². The van der Waals surface area contributed by atoms with Gasteiger partial charge in [-0.15, -0.1) is 0 Å². The van der Waals surface area contributed by atoms with Gasteiger partial charge < -0.3 is 33.9 Å². The molecule has 2 aromatic heterocycles. The van der Waals surface area contributed by atoms with Crippen LogP contribution in [0.1, 0.15) is 127 Å². The number of nitrogen functional groups attached to an aromatic ring is 1. The van der Waals surface area contributed by atoms with Gasteiger partial charge in [-0.1, -0.05) is 103 Å². The Balaban J connectivity index is 1.31. The maximum absolute atomic E-state index is 14.0. The van der Waals surface area contributed by atoms with E-state index in [1.807, 2.05) is 18.2 Å². The molecule has 0 saturated heterocycles. The van der Waals surface area contributed by atoms with Gasteiger partial charge in [-0.3, -0.25) is 0 Å². The van der Waals surface area contributed by atoms with E-state index in [1.54, 1.807) is 11.6 Å². The van der Waals surface area contributed by atoms with Crippen molar-refractivity contribution in [3.63, 3.8) is 0 Å². The van der Waals surface area contributed by atoms with Crippen molar-refractivity contribution >= 4 is 19.9 Å². The Morgan fingerprint density at radius 3 is 2.15 bits per heavy atom. The maximum atomic E-state index is 14.0. The predicted octanol–water partition coefficient (Wildman–Crippen LogP) is 9.50. The summed E-state index contributed by atoms with van der Waals surface area (Å²) < 4.78 is 44.4. The van der Waals surface area contributed by atoms with E-state index in [0.717, 1.165) is 30.1 Å². The van der Waals surface area contributed by atoms with Crippen LogP contribution >= 0.6 is 8.60 Å². The zero-order valence-corrected chi connectivity index (χ0v) is 33.0. The third kappa shape index (κ3) is 18.8. The lowest BCUT2D eigenvalue weighted by atomic mass is 10.0. The van der Waals surface area contributed by atoms with Crippen molar-refractivity contribution in [3.05, 3.63) is 53.7 Å². The van der Waals surface area contributed by atoms with E-state index in [0.29, 0.717) is 31.9 Å². The fourth-order valence-corrected chi connectivity index (χ4v) is 6.91. The van der Waals surface area contributed by atoms with Crippen LogP contribution in [0.2, 0.25) is 0 Å².